The number of carbonyl (C=O) groups excluding carboxylic acids is 1. The first-order chi connectivity index (χ1) is 14.3. The molecule has 0 aliphatic carbocycles. The van der Waals surface area contributed by atoms with Gasteiger partial charge in [-0.05, 0) is 93.3 Å². The Morgan fingerprint density at radius 1 is 0.867 bits per heavy atom. The lowest BCUT2D eigenvalue weighted by atomic mass is 9.93. The SMILES string of the molecule is COc1ccc(/C=C2\CN(C(C)C)C/C(=C\c3ccc(OC)c(Br)c3)C2=O)cc1Br. The predicted molar refractivity (Wildman–Crippen MR) is 129 cm³/mol. The number of hydrogen-bond acceptors (Lipinski definition) is 4. The van der Waals surface area contributed by atoms with Crippen LogP contribution in [0.2, 0.25) is 0 Å². The number of benzene rings is 2. The highest BCUT2D eigenvalue weighted by atomic mass is 79.9. The van der Waals surface area contributed by atoms with Crippen molar-refractivity contribution in [3.05, 3.63) is 67.6 Å². The average molecular weight is 535 g/mol. The van der Waals surface area contributed by atoms with Crippen LogP contribution in [-0.2, 0) is 4.79 Å². The molecule has 0 bridgehead atoms. The fourth-order valence-electron chi connectivity index (χ4n) is 3.38. The molecule has 0 N–H and O–H groups in total. The molecular weight excluding hydrogens is 510 g/mol. The molecule has 2 aromatic carbocycles. The average Bonchev–Trinajstić information content (AvgIpc) is 2.71. The van der Waals surface area contributed by atoms with Gasteiger partial charge in [0, 0.05) is 30.3 Å². The second kappa shape index (κ2) is 9.94. The lowest BCUT2D eigenvalue weighted by molar-refractivity contribution is -0.113. The smallest absolute Gasteiger partial charge is 0.187 e. The van der Waals surface area contributed by atoms with Crippen molar-refractivity contribution >= 4 is 49.8 Å². The van der Waals surface area contributed by atoms with Crippen LogP contribution in [0.1, 0.15) is 25.0 Å². The molecule has 30 heavy (non-hydrogen) atoms. The van der Waals surface area contributed by atoms with Gasteiger partial charge in [-0.25, -0.2) is 0 Å². The molecule has 1 saturated heterocycles. The van der Waals surface area contributed by atoms with Crippen LogP contribution >= 0.6 is 31.9 Å². The normalized spacial score (nSPS) is 17.8. The van der Waals surface area contributed by atoms with E-state index in [0.29, 0.717) is 19.1 Å². The van der Waals surface area contributed by atoms with Gasteiger partial charge >= 0.3 is 0 Å². The van der Waals surface area contributed by atoms with Crippen LogP contribution in [0.25, 0.3) is 12.2 Å². The molecule has 158 valence electrons. The lowest BCUT2D eigenvalue weighted by Crippen LogP contribution is -2.41. The summed E-state index contributed by atoms with van der Waals surface area (Å²) in [6.07, 6.45) is 3.94. The Hall–Kier alpha value is -1.89. The lowest BCUT2D eigenvalue weighted by Gasteiger charge is -2.32. The third-order valence-corrected chi connectivity index (χ3v) is 6.33. The summed E-state index contributed by atoms with van der Waals surface area (Å²) in [6.45, 7) is 5.56. The van der Waals surface area contributed by atoms with E-state index in [-0.39, 0.29) is 5.78 Å². The fourth-order valence-corrected chi connectivity index (χ4v) is 4.49. The van der Waals surface area contributed by atoms with Crippen molar-refractivity contribution in [3.8, 4) is 11.5 Å². The molecule has 0 unspecified atom stereocenters. The first-order valence-corrected chi connectivity index (χ1v) is 11.3. The minimum atomic E-state index is 0.0887. The van der Waals surface area contributed by atoms with Crippen molar-refractivity contribution in [1.82, 2.24) is 4.90 Å². The van der Waals surface area contributed by atoms with Crippen molar-refractivity contribution < 1.29 is 14.3 Å². The van der Waals surface area contributed by atoms with E-state index in [4.69, 9.17) is 9.47 Å². The Morgan fingerprint density at radius 3 is 1.63 bits per heavy atom. The van der Waals surface area contributed by atoms with E-state index in [2.05, 4.69) is 50.6 Å². The second-order valence-electron chi connectivity index (χ2n) is 7.45. The number of ether oxygens (including phenoxy) is 2. The molecule has 0 atom stereocenters. The summed E-state index contributed by atoms with van der Waals surface area (Å²) in [4.78, 5) is 15.6. The molecule has 6 heteroatoms. The first-order valence-electron chi connectivity index (χ1n) is 9.69. The van der Waals surface area contributed by atoms with Crippen LogP contribution in [0, 0.1) is 0 Å². The third kappa shape index (κ3) is 5.23. The van der Waals surface area contributed by atoms with Crippen LogP contribution in [-0.4, -0.2) is 44.0 Å². The number of carbonyl (C=O) groups is 1. The van der Waals surface area contributed by atoms with Crippen LogP contribution in [0.4, 0.5) is 0 Å². The summed E-state index contributed by atoms with van der Waals surface area (Å²) in [5, 5.41) is 0. The van der Waals surface area contributed by atoms with Crippen molar-refractivity contribution in [1.29, 1.82) is 0 Å². The monoisotopic (exact) mass is 533 g/mol. The molecule has 0 radical (unpaired) electrons. The quantitative estimate of drug-likeness (QED) is 0.442. The number of rotatable bonds is 5. The number of likely N-dealkylation sites (tertiary alicyclic amines) is 1. The number of methoxy groups -OCH3 is 2. The zero-order valence-corrected chi connectivity index (χ0v) is 20.7. The largest absolute Gasteiger partial charge is 0.496 e. The van der Waals surface area contributed by atoms with Crippen LogP contribution in [0.3, 0.4) is 0 Å². The molecule has 1 aliphatic heterocycles. The Morgan fingerprint density at radius 2 is 1.30 bits per heavy atom. The molecule has 0 aromatic heterocycles. The summed E-state index contributed by atoms with van der Waals surface area (Å²) in [7, 11) is 3.27. The molecule has 3 rings (SSSR count). The molecule has 4 nitrogen and oxygen atoms in total. The highest BCUT2D eigenvalue weighted by Gasteiger charge is 2.27. The van der Waals surface area contributed by atoms with Gasteiger partial charge in [0.15, 0.2) is 5.78 Å². The predicted octanol–water partition coefficient (Wildman–Crippen LogP) is 5.99. The van der Waals surface area contributed by atoms with Crippen LogP contribution in [0.15, 0.2) is 56.5 Å². The van der Waals surface area contributed by atoms with Gasteiger partial charge in [0.25, 0.3) is 0 Å². The van der Waals surface area contributed by atoms with E-state index >= 15 is 0 Å². The van der Waals surface area contributed by atoms with E-state index in [1.165, 1.54) is 0 Å². The van der Waals surface area contributed by atoms with E-state index < -0.39 is 0 Å². The minimum absolute atomic E-state index is 0.0887. The maximum Gasteiger partial charge on any atom is 0.187 e. The van der Waals surface area contributed by atoms with Gasteiger partial charge in [-0.15, -0.1) is 0 Å². The number of Topliss-reactive ketones (excluding diaryl/α,β-unsaturated/α-hetero) is 1. The Kier molecular flexibility index (Phi) is 7.55. The van der Waals surface area contributed by atoms with Crippen LogP contribution < -0.4 is 9.47 Å². The van der Waals surface area contributed by atoms with Gasteiger partial charge in [0.05, 0.1) is 23.2 Å². The zero-order valence-electron chi connectivity index (χ0n) is 17.5. The molecule has 1 fully saturated rings. The Labute approximate surface area is 194 Å². The first kappa shape index (κ1) is 22.8. The molecule has 0 saturated carbocycles. The van der Waals surface area contributed by atoms with Crippen molar-refractivity contribution in [2.45, 2.75) is 19.9 Å². The highest BCUT2D eigenvalue weighted by Crippen LogP contribution is 2.30. The number of hydrogen-bond donors (Lipinski definition) is 0. The summed E-state index contributed by atoms with van der Waals surface area (Å²) >= 11 is 7.04. The highest BCUT2D eigenvalue weighted by molar-refractivity contribution is 9.10. The molecule has 1 aliphatic rings. The van der Waals surface area contributed by atoms with Crippen molar-refractivity contribution in [2.24, 2.45) is 0 Å². The summed E-state index contributed by atoms with van der Waals surface area (Å²) in [6, 6.07) is 12.0. The topological polar surface area (TPSA) is 38.8 Å². The van der Waals surface area contributed by atoms with Crippen LogP contribution in [0.5, 0.6) is 11.5 Å². The maximum absolute atomic E-state index is 13.3. The Balaban J connectivity index is 1.98. The van der Waals surface area contributed by atoms with E-state index in [9.17, 15) is 4.79 Å². The van der Waals surface area contributed by atoms with Crippen molar-refractivity contribution in [2.75, 3.05) is 27.3 Å². The van der Waals surface area contributed by atoms with Gasteiger partial charge in [0.2, 0.25) is 0 Å². The second-order valence-corrected chi connectivity index (χ2v) is 9.16. The minimum Gasteiger partial charge on any atom is -0.496 e. The molecule has 0 amide bonds. The van der Waals surface area contributed by atoms with Gasteiger partial charge in [0.1, 0.15) is 11.5 Å². The number of piperidine rings is 1. The number of halogens is 2. The summed E-state index contributed by atoms with van der Waals surface area (Å²) < 4.78 is 12.3. The van der Waals surface area contributed by atoms with Gasteiger partial charge in [-0.1, -0.05) is 12.1 Å². The Bertz CT molecular complexity index is 936. The number of ketones is 1. The summed E-state index contributed by atoms with van der Waals surface area (Å²) in [5.74, 6) is 1.62. The fraction of sp³-hybridized carbons (Fsp3) is 0.292. The van der Waals surface area contributed by atoms with Gasteiger partial charge < -0.3 is 9.47 Å². The van der Waals surface area contributed by atoms with E-state index in [1.807, 2.05) is 48.6 Å². The van der Waals surface area contributed by atoms with Gasteiger partial charge in [-0.3, -0.25) is 9.69 Å². The van der Waals surface area contributed by atoms with E-state index in [1.54, 1.807) is 14.2 Å². The third-order valence-electron chi connectivity index (χ3n) is 5.09. The molecule has 1 heterocycles. The maximum atomic E-state index is 13.3. The molecule has 0 spiro atoms. The standard InChI is InChI=1S/C24H25Br2NO3/c1-15(2)27-13-18(9-16-5-7-22(29-3)20(25)11-16)24(28)19(14-27)10-17-6-8-23(30-4)21(26)12-17/h5-12,15H,13-14H2,1-4H3/b18-9+,19-10+. The summed E-state index contributed by atoms with van der Waals surface area (Å²) in [5.41, 5.74) is 3.49. The van der Waals surface area contributed by atoms with E-state index in [0.717, 1.165) is 42.7 Å². The molecule has 2 aromatic rings. The van der Waals surface area contributed by atoms with Gasteiger partial charge in [-0.2, -0.15) is 0 Å². The zero-order chi connectivity index (χ0) is 21.8. The molecular formula is C24H25Br2NO3. The van der Waals surface area contributed by atoms with Crippen molar-refractivity contribution in [3.63, 3.8) is 0 Å². The number of nitrogens with zero attached hydrogens (tertiary/aromatic N) is 1.